The average molecular weight is 311 g/mol. The third-order valence-corrected chi connectivity index (χ3v) is 3.35. The van der Waals surface area contributed by atoms with Crippen molar-refractivity contribution in [2.75, 3.05) is 5.32 Å². The molecule has 0 fully saturated rings. The van der Waals surface area contributed by atoms with Crippen molar-refractivity contribution in [3.63, 3.8) is 0 Å². The van der Waals surface area contributed by atoms with E-state index in [9.17, 15) is 14.4 Å². The van der Waals surface area contributed by atoms with Gasteiger partial charge >= 0.3 is 5.97 Å². The van der Waals surface area contributed by atoms with E-state index in [1.165, 1.54) is 19.1 Å². The number of nitrogens with one attached hydrogen (secondary N) is 1. The molecule has 0 saturated carbocycles. The van der Waals surface area contributed by atoms with Gasteiger partial charge < -0.3 is 15.2 Å². The molecule has 1 amide bonds. The molecule has 0 aliphatic rings. The molecule has 0 aliphatic heterocycles. The number of ketones is 1. The van der Waals surface area contributed by atoms with Crippen molar-refractivity contribution in [2.24, 2.45) is 0 Å². The van der Waals surface area contributed by atoms with Crippen LogP contribution in [-0.2, 0) is 11.2 Å². The third-order valence-electron chi connectivity index (χ3n) is 3.35. The Labute approximate surface area is 134 Å². The Kier molecular flexibility index (Phi) is 5.25. The molecular formula is C18H17NO4. The van der Waals surface area contributed by atoms with Crippen LogP contribution in [0.3, 0.4) is 0 Å². The molecule has 0 unspecified atom stereocenters. The van der Waals surface area contributed by atoms with Gasteiger partial charge in [0.15, 0.2) is 0 Å². The van der Waals surface area contributed by atoms with E-state index in [2.05, 4.69) is 5.32 Å². The normalized spacial score (nSPS) is 10.1. The number of aromatic carboxylic acids is 1. The Morgan fingerprint density at radius 1 is 1.00 bits per heavy atom. The third kappa shape index (κ3) is 4.51. The lowest BCUT2D eigenvalue weighted by Gasteiger charge is -2.09. The molecule has 2 aromatic carbocycles. The van der Waals surface area contributed by atoms with Crippen LogP contribution in [0, 0.1) is 0 Å². The summed E-state index contributed by atoms with van der Waals surface area (Å²) in [5, 5.41) is 11.8. The SMILES string of the molecule is CC(=O)CCc1cccc(NC(=O)c2ccccc2C(=O)O)c1. The zero-order valence-electron chi connectivity index (χ0n) is 12.7. The van der Waals surface area contributed by atoms with E-state index in [4.69, 9.17) is 5.11 Å². The number of hydrogen-bond acceptors (Lipinski definition) is 3. The van der Waals surface area contributed by atoms with Crippen molar-refractivity contribution in [2.45, 2.75) is 19.8 Å². The second kappa shape index (κ2) is 7.35. The van der Waals surface area contributed by atoms with E-state index >= 15 is 0 Å². The molecule has 2 rings (SSSR count). The highest BCUT2D eigenvalue weighted by molar-refractivity contribution is 6.10. The van der Waals surface area contributed by atoms with Gasteiger partial charge in [-0.05, 0) is 43.2 Å². The van der Waals surface area contributed by atoms with E-state index in [-0.39, 0.29) is 16.9 Å². The highest BCUT2D eigenvalue weighted by Gasteiger charge is 2.15. The van der Waals surface area contributed by atoms with Crippen molar-refractivity contribution in [3.8, 4) is 0 Å². The summed E-state index contributed by atoms with van der Waals surface area (Å²) in [6.07, 6.45) is 1.05. The summed E-state index contributed by atoms with van der Waals surface area (Å²) in [6.45, 7) is 1.54. The number of carboxylic acids is 1. The largest absolute Gasteiger partial charge is 0.478 e. The molecule has 0 aliphatic carbocycles. The van der Waals surface area contributed by atoms with Crippen molar-refractivity contribution >= 4 is 23.3 Å². The van der Waals surface area contributed by atoms with E-state index in [0.29, 0.717) is 18.5 Å². The van der Waals surface area contributed by atoms with Gasteiger partial charge in [0.25, 0.3) is 5.91 Å². The molecule has 0 aromatic heterocycles. The number of anilines is 1. The lowest BCUT2D eigenvalue weighted by molar-refractivity contribution is -0.116. The zero-order chi connectivity index (χ0) is 16.8. The number of amides is 1. The summed E-state index contributed by atoms with van der Waals surface area (Å²) in [6, 6.07) is 13.2. The first kappa shape index (κ1) is 16.4. The minimum absolute atomic E-state index is 0.0438. The van der Waals surface area contributed by atoms with Crippen molar-refractivity contribution in [1.82, 2.24) is 0 Å². The second-order valence-corrected chi connectivity index (χ2v) is 5.21. The summed E-state index contributed by atoms with van der Waals surface area (Å²) < 4.78 is 0. The molecule has 5 heteroatoms. The minimum atomic E-state index is -1.15. The van der Waals surface area contributed by atoms with Gasteiger partial charge in [0, 0.05) is 12.1 Å². The molecule has 23 heavy (non-hydrogen) atoms. The molecule has 2 N–H and O–H groups in total. The fourth-order valence-electron chi connectivity index (χ4n) is 2.19. The van der Waals surface area contributed by atoms with Crippen LogP contribution in [0.2, 0.25) is 0 Å². The summed E-state index contributed by atoms with van der Waals surface area (Å²) in [4.78, 5) is 34.5. The van der Waals surface area contributed by atoms with Crippen LogP contribution >= 0.6 is 0 Å². The van der Waals surface area contributed by atoms with E-state index in [1.807, 2.05) is 6.07 Å². The first-order valence-corrected chi connectivity index (χ1v) is 7.19. The highest BCUT2D eigenvalue weighted by atomic mass is 16.4. The Balaban J connectivity index is 2.16. The van der Waals surface area contributed by atoms with E-state index < -0.39 is 11.9 Å². The zero-order valence-corrected chi connectivity index (χ0v) is 12.7. The van der Waals surface area contributed by atoms with Gasteiger partial charge in [-0.3, -0.25) is 4.79 Å². The average Bonchev–Trinajstić information content (AvgIpc) is 2.53. The minimum Gasteiger partial charge on any atom is -0.478 e. The Bertz CT molecular complexity index is 752. The predicted molar refractivity (Wildman–Crippen MR) is 86.8 cm³/mol. The monoisotopic (exact) mass is 311 g/mol. The van der Waals surface area contributed by atoms with E-state index in [1.54, 1.807) is 30.3 Å². The molecule has 5 nitrogen and oxygen atoms in total. The highest BCUT2D eigenvalue weighted by Crippen LogP contribution is 2.16. The van der Waals surface area contributed by atoms with Crippen LogP contribution in [0.4, 0.5) is 5.69 Å². The molecule has 0 radical (unpaired) electrons. The van der Waals surface area contributed by atoms with Gasteiger partial charge in [0.05, 0.1) is 11.1 Å². The first-order chi connectivity index (χ1) is 11.0. The maximum absolute atomic E-state index is 12.3. The van der Waals surface area contributed by atoms with Gasteiger partial charge in [-0.25, -0.2) is 4.79 Å². The first-order valence-electron chi connectivity index (χ1n) is 7.19. The molecule has 2 aromatic rings. The standard InChI is InChI=1S/C18H17NO4/c1-12(20)9-10-13-5-4-6-14(11-13)19-17(21)15-7-2-3-8-16(15)18(22)23/h2-8,11H,9-10H2,1H3,(H,19,21)(H,22,23). The fourth-order valence-corrected chi connectivity index (χ4v) is 2.19. The second-order valence-electron chi connectivity index (χ2n) is 5.21. The molecule has 0 saturated heterocycles. The number of carbonyl (C=O) groups is 3. The van der Waals surface area contributed by atoms with Crippen LogP contribution in [0.15, 0.2) is 48.5 Å². The molecule has 0 bridgehead atoms. The summed E-state index contributed by atoms with van der Waals surface area (Å²) >= 11 is 0. The number of Topliss-reactive ketones (excluding diaryl/α,β-unsaturated/α-hetero) is 1. The maximum atomic E-state index is 12.3. The topological polar surface area (TPSA) is 83.5 Å². The van der Waals surface area contributed by atoms with E-state index in [0.717, 1.165) is 5.56 Å². The fraction of sp³-hybridized carbons (Fsp3) is 0.167. The maximum Gasteiger partial charge on any atom is 0.336 e. The summed E-state index contributed by atoms with van der Waals surface area (Å²) in [7, 11) is 0. The van der Waals surface area contributed by atoms with Gasteiger partial charge in [-0.1, -0.05) is 24.3 Å². The number of benzene rings is 2. The van der Waals surface area contributed by atoms with Crippen molar-refractivity contribution in [3.05, 3.63) is 65.2 Å². The van der Waals surface area contributed by atoms with Crippen LogP contribution < -0.4 is 5.32 Å². The molecule has 0 heterocycles. The lowest BCUT2D eigenvalue weighted by Crippen LogP contribution is -2.16. The van der Waals surface area contributed by atoms with Gasteiger partial charge in [0.2, 0.25) is 0 Å². The van der Waals surface area contributed by atoms with Crippen LogP contribution in [-0.4, -0.2) is 22.8 Å². The molecule has 0 atom stereocenters. The van der Waals surface area contributed by atoms with Crippen LogP contribution in [0.5, 0.6) is 0 Å². The Hall–Kier alpha value is -2.95. The van der Waals surface area contributed by atoms with Crippen molar-refractivity contribution in [1.29, 1.82) is 0 Å². The number of rotatable bonds is 6. The summed E-state index contributed by atoms with van der Waals surface area (Å²) in [5.74, 6) is -1.52. The van der Waals surface area contributed by atoms with Gasteiger partial charge in [0.1, 0.15) is 5.78 Å². The molecule has 0 spiro atoms. The Morgan fingerprint density at radius 2 is 1.70 bits per heavy atom. The lowest BCUT2D eigenvalue weighted by atomic mass is 10.1. The Morgan fingerprint density at radius 3 is 2.35 bits per heavy atom. The molecule has 118 valence electrons. The number of aryl methyl sites for hydroxylation is 1. The summed E-state index contributed by atoms with van der Waals surface area (Å²) in [5.41, 5.74) is 1.56. The quantitative estimate of drug-likeness (QED) is 0.858. The van der Waals surface area contributed by atoms with Gasteiger partial charge in [-0.15, -0.1) is 0 Å². The van der Waals surface area contributed by atoms with Crippen LogP contribution in [0.25, 0.3) is 0 Å². The number of carbonyl (C=O) groups excluding carboxylic acids is 2. The van der Waals surface area contributed by atoms with Gasteiger partial charge in [-0.2, -0.15) is 0 Å². The smallest absolute Gasteiger partial charge is 0.336 e. The number of hydrogen-bond donors (Lipinski definition) is 2. The predicted octanol–water partition coefficient (Wildman–Crippen LogP) is 3.16. The van der Waals surface area contributed by atoms with Crippen molar-refractivity contribution < 1.29 is 19.5 Å². The number of carboxylic acid groups (broad SMARTS) is 1. The van der Waals surface area contributed by atoms with Crippen LogP contribution in [0.1, 0.15) is 39.6 Å². The molecular weight excluding hydrogens is 294 g/mol.